The number of anilines is 3. The number of benzene rings is 8. The van der Waals surface area contributed by atoms with Gasteiger partial charge in [-0.3, -0.25) is 0 Å². The maximum absolute atomic E-state index is 2.48. The molecule has 9 rings (SSSR count). The highest BCUT2D eigenvalue weighted by molar-refractivity contribution is 6.11. The lowest BCUT2D eigenvalue weighted by Crippen LogP contribution is -2.15. The number of rotatable bonds is 5. The first-order valence-electron chi connectivity index (χ1n) is 18.4. The molecular formula is C51H43N. The fourth-order valence-electron chi connectivity index (χ4n) is 8.41. The molecule has 0 heterocycles. The Hall–Kier alpha value is -5.92. The van der Waals surface area contributed by atoms with Crippen molar-refractivity contribution >= 4 is 38.6 Å². The molecule has 1 nitrogen and oxygen atoms in total. The zero-order chi connectivity index (χ0) is 35.6. The second kappa shape index (κ2) is 12.1. The van der Waals surface area contributed by atoms with Gasteiger partial charge in [0.1, 0.15) is 0 Å². The molecule has 1 aliphatic carbocycles. The van der Waals surface area contributed by atoms with E-state index in [-0.39, 0.29) is 10.8 Å². The second-order valence-corrected chi connectivity index (χ2v) is 15.8. The van der Waals surface area contributed by atoms with Gasteiger partial charge in [0.25, 0.3) is 0 Å². The molecule has 0 aliphatic heterocycles. The molecule has 1 heteroatoms. The molecule has 1 aliphatic rings. The molecule has 0 atom stereocenters. The summed E-state index contributed by atoms with van der Waals surface area (Å²) in [5.41, 5.74) is 15.1. The lowest BCUT2D eigenvalue weighted by molar-refractivity contribution is 0.590. The Morgan fingerprint density at radius 1 is 0.442 bits per heavy atom. The summed E-state index contributed by atoms with van der Waals surface area (Å²) in [5.74, 6) is 0. The molecule has 0 saturated carbocycles. The van der Waals surface area contributed by atoms with E-state index in [1.165, 1.54) is 71.6 Å². The lowest BCUT2D eigenvalue weighted by Gasteiger charge is -2.30. The SMILES string of the molecule is CC(C)(C)c1ccc(-c2ccc(N(c3ccc4c(c3)-c3ccccc3C4(C)C)c3ccc4ccccc4c3-c3cccc4ccccc34)cc2)cc1. The first kappa shape index (κ1) is 32.0. The first-order valence-corrected chi connectivity index (χ1v) is 18.4. The Morgan fingerprint density at radius 2 is 1.00 bits per heavy atom. The van der Waals surface area contributed by atoms with Crippen LogP contribution in [-0.2, 0) is 10.8 Å². The largest absolute Gasteiger partial charge is 0.310 e. The molecule has 0 saturated heterocycles. The van der Waals surface area contributed by atoms with E-state index < -0.39 is 0 Å². The highest BCUT2D eigenvalue weighted by atomic mass is 15.1. The lowest BCUT2D eigenvalue weighted by atomic mass is 9.82. The van der Waals surface area contributed by atoms with Gasteiger partial charge in [-0.25, -0.2) is 0 Å². The summed E-state index contributed by atoms with van der Waals surface area (Å²) in [6.07, 6.45) is 0. The molecule has 0 unspecified atom stereocenters. The molecule has 0 N–H and O–H groups in total. The van der Waals surface area contributed by atoms with Crippen LogP contribution in [0.15, 0.2) is 170 Å². The molecule has 0 aromatic heterocycles. The van der Waals surface area contributed by atoms with E-state index in [1.54, 1.807) is 0 Å². The highest BCUT2D eigenvalue weighted by Gasteiger charge is 2.35. The highest BCUT2D eigenvalue weighted by Crippen LogP contribution is 2.52. The molecule has 0 fully saturated rings. The van der Waals surface area contributed by atoms with Crippen LogP contribution >= 0.6 is 0 Å². The summed E-state index contributed by atoms with van der Waals surface area (Å²) in [5, 5.41) is 4.96. The molecule has 0 spiro atoms. The van der Waals surface area contributed by atoms with Crippen molar-refractivity contribution in [2.75, 3.05) is 4.90 Å². The normalized spacial score (nSPS) is 13.2. The summed E-state index contributed by atoms with van der Waals surface area (Å²) in [6.45, 7) is 11.5. The average molecular weight is 670 g/mol. The minimum atomic E-state index is -0.0590. The smallest absolute Gasteiger partial charge is 0.0546 e. The fraction of sp³-hybridized carbons (Fsp3) is 0.137. The maximum atomic E-state index is 2.48. The average Bonchev–Trinajstić information content (AvgIpc) is 3.40. The molecule has 8 aromatic rings. The Morgan fingerprint density at radius 3 is 1.73 bits per heavy atom. The third kappa shape index (κ3) is 5.23. The van der Waals surface area contributed by atoms with Gasteiger partial charge in [0, 0.05) is 22.4 Å². The summed E-state index contributed by atoms with van der Waals surface area (Å²) < 4.78 is 0. The van der Waals surface area contributed by atoms with Crippen LogP contribution in [0.25, 0.3) is 54.9 Å². The van der Waals surface area contributed by atoms with Crippen LogP contribution in [0.4, 0.5) is 17.1 Å². The van der Waals surface area contributed by atoms with E-state index in [0.717, 1.165) is 17.1 Å². The van der Waals surface area contributed by atoms with Crippen LogP contribution in [-0.4, -0.2) is 0 Å². The fourth-order valence-corrected chi connectivity index (χ4v) is 8.41. The van der Waals surface area contributed by atoms with Crippen LogP contribution in [0, 0.1) is 0 Å². The summed E-state index contributed by atoms with van der Waals surface area (Å²) >= 11 is 0. The number of nitrogens with zero attached hydrogens (tertiary/aromatic N) is 1. The van der Waals surface area contributed by atoms with Gasteiger partial charge in [0.2, 0.25) is 0 Å². The van der Waals surface area contributed by atoms with Crippen LogP contribution < -0.4 is 4.90 Å². The van der Waals surface area contributed by atoms with Gasteiger partial charge in [-0.15, -0.1) is 0 Å². The molecule has 0 radical (unpaired) electrons. The minimum Gasteiger partial charge on any atom is -0.310 e. The van der Waals surface area contributed by atoms with Crippen molar-refractivity contribution in [2.45, 2.75) is 45.4 Å². The molecule has 8 aromatic carbocycles. The van der Waals surface area contributed by atoms with Gasteiger partial charge < -0.3 is 4.90 Å². The molecule has 52 heavy (non-hydrogen) atoms. The molecule has 252 valence electrons. The van der Waals surface area contributed by atoms with Gasteiger partial charge in [-0.2, -0.15) is 0 Å². The predicted octanol–water partition coefficient (Wildman–Crippen LogP) is 14.4. The Bertz CT molecular complexity index is 2610. The first-order chi connectivity index (χ1) is 25.2. The maximum Gasteiger partial charge on any atom is 0.0546 e. The van der Waals surface area contributed by atoms with Crippen LogP contribution in [0.3, 0.4) is 0 Å². The summed E-state index contributed by atoms with van der Waals surface area (Å²) in [6, 6.07) is 63.1. The van der Waals surface area contributed by atoms with Crippen molar-refractivity contribution < 1.29 is 0 Å². The molecular weight excluding hydrogens is 627 g/mol. The third-order valence-electron chi connectivity index (χ3n) is 11.2. The van der Waals surface area contributed by atoms with Gasteiger partial charge in [-0.05, 0) is 102 Å². The number of hydrogen-bond acceptors (Lipinski definition) is 1. The Kier molecular flexibility index (Phi) is 7.45. The Labute approximate surface area is 307 Å². The number of fused-ring (bicyclic) bond motifs is 5. The van der Waals surface area contributed by atoms with Crippen LogP contribution in [0.5, 0.6) is 0 Å². The van der Waals surface area contributed by atoms with Gasteiger partial charge in [0.05, 0.1) is 5.69 Å². The van der Waals surface area contributed by atoms with Crippen molar-refractivity contribution in [1.29, 1.82) is 0 Å². The molecule has 0 bridgehead atoms. The monoisotopic (exact) mass is 669 g/mol. The van der Waals surface area contributed by atoms with Crippen molar-refractivity contribution in [3.05, 3.63) is 187 Å². The third-order valence-corrected chi connectivity index (χ3v) is 11.2. The van der Waals surface area contributed by atoms with Gasteiger partial charge in [0.15, 0.2) is 0 Å². The summed E-state index contributed by atoms with van der Waals surface area (Å²) in [7, 11) is 0. The van der Waals surface area contributed by atoms with E-state index in [0.29, 0.717) is 0 Å². The van der Waals surface area contributed by atoms with Crippen molar-refractivity contribution in [1.82, 2.24) is 0 Å². The summed E-state index contributed by atoms with van der Waals surface area (Å²) in [4.78, 5) is 2.48. The number of hydrogen-bond donors (Lipinski definition) is 0. The van der Waals surface area contributed by atoms with Gasteiger partial charge in [-0.1, -0.05) is 174 Å². The zero-order valence-electron chi connectivity index (χ0n) is 30.6. The van der Waals surface area contributed by atoms with Gasteiger partial charge >= 0.3 is 0 Å². The minimum absolute atomic E-state index is 0.0590. The van der Waals surface area contributed by atoms with E-state index >= 15 is 0 Å². The predicted molar refractivity (Wildman–Crippen MR) is 223 cm³/mol. The van der Waals surface area contributed by atoms with Crippen LogP contribution in [0.2, 0.25) is 0 Å². The quantitative estimate of drug-likeness (QED) is 0.176. The van der Waals surface area contributed by atoms with Crippen molar-refractivity contribution in [3.63, 3.8) is 0 Å². The van der Waals surface area contributed by atoms with E-state index in [4.69, 9.17) is 0 Å². The Balaban J connectivity index is 1.28. The topological polar surface area (TPSA) is 3.24 Å². The van der Waals surface area contributed by atoms with Crippen molar-refractivity contribution in [3.8, 4) is 33.4 Å². The van der Waals surface area contributed by atoms with E-state index in [9.17, 15) is 0 Å². The second-order valence-electron chi connectivity index (χ2n) is 15.8. The van der Waals surface area contributed by atoms with Crippen LogP contribution in [0.1, 0.15) is 51.3 Å². The van der Waals surface area contributed by atoms with E-state index in [1.807, 2.05) is 0 Å². The molecule has 0 amide bonds. The van der Waals surface area contributed by atoms with Crippen molar-refractivity contribution in [2.24, 2.45) is 0 Å². The van der Waals surface area contributed by atoms with E-state index in [2.05, 4.69) is 209 Å². The standard InChI is InChI=1S/C51H43N/c1-50(2,3)38-26-21-34(22-27-38)35-23-28-39(29-24-35)52(40-30-31-47-45(33-40)43-18-10-11-20-46(43)51(47,4)5)48-32-25-37-14-7-9-17-42(37)49(48)44-19-12-15-36-13-6-8-16-41(36)44/h6-33H,1-5H3. The zero-order valence-corrected chi connectivity index (χ0v) is 30.6.